The number of nitrogens with zero attached hydrogens (tertiary/aromatic N) is 7. The van der Waals surface area contributed by atoms with E-state index in [2.05, 4.69) is 15.1 Å². The van der Waals surface area contributed by atoms with E-state index in [-0.39, 0.29) is 11.9 Å². The summed E-state index contributed by atoms with van der Waals surface area (Å²) < 4.78 is 3.59. The first kappa shape index (κ1) is 20.3. The van der Waals surface area contributed by atoms with Gasteiger partial charge in [-0.25, -0.2) is 9.50 Å². The van der Waals surface area contributed by atoms with Crippen molar-refractivity contribution in [3.63, 3.8) is 0 Å². The minimum atomic E-state index is -0.0658. The number of carbonyl (C=O) groups is 1. The number of pyridine rings is 1. The quantitative estimate of drug-likeness (QED) is 0.406. The first-order chi connectivity index (χ1) is 16.8. The van der Waals surface area contributed by atoms with E-state index in [1.54, 1.807) is 16.9 Å². The number of hydrogen-bond donors (Lipinski definition) is 0. The normalized spacial score (nSPS) is 15.8. The third kappa shape index (κ3) is 3.63. The molecule has 8 nitrogen and oxygen atoms in total. The SMILES string of the molecule is O=C(c1nn2cccnc2c1-c1ccccc1)N1CCC[C@H]1Cn1ccc(-c2ccccn2)n1. The fourth-order valence-electron chi connectivity index (χ4n) is 4.67. The summed E-state index contributed by atoms with van der Waals surface area (Å²) in [6, 6.07) is 19.5. The summed E-state index contributed by atoms with van der Waals surface area (Å²) in [6.45, 7) is 1.33. The molecule has 1 aliphatic heterocycles. The van der Waals surface area contributed by atoms with Gasteiger partial charge in [0.15, 0.2) is 11.3 Å². The molecule has 168 valence electrons. The molecule has 0 N–H and O–H groups in total. The topological polar surface area (TPSA) is 81.2 Å². The lowest BCUT2D eigenvalue weighted by molar-refractivity contribution is 0.0716. The summed E-state index contributed by atoms with van der Waals surface area (Å²) in [6.07, 6.45) is 9.16. The Balaban J connectivity index is 1.31. The van der Waals surface area contributed by atoms with Crippen molar-refractivity contribution in [3.8, 4) is 22.5 Å². The molecule has 8 heteroatoms. The molecule has 1 fully saturated rings. The highest BCUT2D eigenvalue weighted by atomic mass is 16.2. The lowest BCUT2D eigenvalue weighted by atomic mass is 10.0. The highest BCUT2D eigenvalue weighted by molar-refractivity contribution is 6.03. The van der Waals surface area contributed by atoms with Crippen molar-refractivity contribution >= 4 is 11.6 Å². The predicted octanol–water partition coefficient (Wildman–Crippen LogP) is 3.96. The van der Waals surface area contributed by atoms with Gasteiger partial charge in [0.25, 0.3) is 5.91 Å². The molecule has 0 spiro atoms. The van der Waals surface area contributed by atoms with Crippen molar-refractivity contribution in [3.05, 3.63) is 91.1 Å². The lowest BCUT2D eigenvalue weighted by Gasteiger charge is -2.24. The average molecular weight is 450 g/mol. The van der Waals surface area contributed by atoms with E-state index < -0.39 is 0 Å². The maximum absolute atomic E-state index is 13.8. The Hall–Kier alpha value is -4.33. The molecule has 4 aromatic heterocycles. The van der Waals surface area contributed by atoms with E-state index in [1.165, 1.54) is 0 Å². The molecule has 0 unspecified atom stereocenters. The molecule has 0 bridgehead atoms. The number of benzene rings is 1. The van der Waals surface area contributed by atoms with Gasteiger partial charge >= 0.3 is 0 Å². The van der Waals surface area contributed by atoms with E-state index in [4.69, 9.17) is 5.10 Å². The van der Waals surface area contributed by atoms with Crippen molar-refractivity contribution in [1.82, 2.24) is 34.3 Å². The van der Waals surface area contributed by atoms with Crippen LogP contribution in [0.4, 0.5) is 0 Å². The minimum Gasteiger partial charge on any atom is -0.332 e. The van der Waals surface area contributed by atoms with Gasteiger partial charge < -0.3 is 4.90 Å². The summed E-state index contributed by atoms with van der Waals surface area (Å²) in [7, 11) is 0. The fourth-order valence-corrected chi connectivity index (χ4v) is 4.67. The van der Waals surface area contributed by atoms with Gasteiger partial charge in [0.1, 0.15) is 5.69 Å². The summed E-state index contributed by atoms with van der Waals surface area (Å²) in [5.74, 6) is -0.0658. The van der Waals surface area contributed by atoms with Crippen LogP contribution >= 0.6 is 0 Å². The number of likely N-dealkylation sites (tertiary alicyclic amines) is 1. The van der Waals surface area contributed by atoms with Crippen molar-refractivity contribution in [1.29, 1.82) is 0 Å². The average Bonchev–Trinajstić information content (AvgIpc) is 3.63. The number of fused-ring (bicyclic) bond motifs is 1. The van der Waals surface area contributed by atoms with Gasteiger partial charge in [-0.1, -0.05) is 36.4 Å². The Kier molecular flexibility index (Phi) is 5.10. The molecule has 0 saturated carbocycles. The van der Waals surface area contributed by atoms with Gasteiger partial charge in [-0.05, 0) is 42.7 Å². The van der Waals surface area contributed by atoms with E-state index in [0.717, 1.165) is 35.4 Å². The van der Waals surface area contributed by atoms with E-state index >= 15 is 0 Å². The highest BCUT2D eigenvalue weighted by Crippen LogP contribution is 2.30. The molecule has 1 amide bonds. The Morgan fingerprint density at radius 3 is 2.59 bits per heavy atom. The molecule has 6 rings (SSSR count). The molecule has 1 aromatic carbocycles. The van der Waals surface area contributed by atoms with E-state index in [0.29, 0.717) is 24.4 Å². The monoisotopic (exact) mass is 449 g/mol. The second-order valence-electron chi connectivity index (χ2n) is 8.41. The van der Waals surface area contributed by atoms with Gasteiger partial charge in [0.2, 0.25) is 0 Å². The van der Waals surface area contributed by atoms with Crippen LogP contribution in [-0.4, -0.2) is 52.8 Å². The third-order valence-corrected chi connectivity index (χ3v) is 6.26. The standard InChI is InChI=1S/C26H23N7O/c34-26(24-23(19-8-2-1-3-9-19)25-28-14-7-16-33(25)30-24)32-15-6-10-20(32)18-31-17-12-22(29-31)21-11-4-5-13-27-21/h1-5,7-9,11-14,16-17,20H,6,10,15,18H2/t20-/m0/s1. The first-order valence-corrected chi connectivity index (χ1v) is 11.4. The van der Waals surface area contributed by atoms with Gasteiger partial charge in [-0.3, -0.25) is 14.5 Å². The van der Waals surface area contributed by atoms with Crippen LogP contribution in [-0.2, 0) is 6.54 Å². The Morgan fingerprint density at radius 2 is 1.74 bits per heavy atom. The van der Waals surface area contributed by atoms with Crippen LogP contribution in [0.2, 0.25) is 0 Å². The number of aromatic nitrogens is 6. The summed E-state index contributed by atoms with van der Waals surface area (Å²) >= 11 is 0. The van der Waals surface area contributed by atoms with E-state index in [9.17, 15) is 4.79 Å². The largest absolute Gasteiger partial charge is 0.332 e. The predicted molar refractivity (Wildman–Crippen MR) is 128 cm³/mol. The van der Waals surface area contributed by atoms with Crippen LogP contribution in [0.3, 0.4) is 0 Å². The second-order valence-corrected chi connectivity index (χ2v) is 8.41. The zero-order valence-corrected chi connectivity index (χ0v) is 18.5. The molecular weight excluding hydrogens is 426 g/mol. The number of hydrogen-bond acceptors (Lipinski definition) is 5. The third-order valence-electron chi connectivity index (χ3n) is 6.26. The van der Waals surface area contributed by atoms with Crippen LogP contribution in [0.15, 0.2) is 85.5 Å². The lowest BCUT2D eigenvalue weighted by Crippen LogP contribution is -2.38. The van der Waals surface area contributed by atoms with Gasteiger partial charge in [0.05, 0.1) is 23.8 Å². The number of carbonyl (C=O) groups excluding carboxylic acids is 1. The zero-order valence-electron chi connectivity index (χ0n) is 18.5. The smallest absolute Gasteiger partial charge is 0.275 e. The van der Waals surface area contributed by atoms with Crippen LogP contribution < -0.4 is 0 Å². The molecular formula is C26H23N7O. The maximum Gasteiger partial charge on any atom is 0.275 e. The van der Waals surface area contributed by atoms with Crippen molar-refractivity contribution in [2.45, 2.75) is 25.4 Å². The molecule has 5 heterocycles. The van der Waals surface area contributed by atoms with Gasteiger partial charge in [0, 0.05) is 31.3 Å². The Labute approximate surface area is 196 Å². The summed E-state index contributed by atoms with van der Waals surface area (Å²) in [5, 5.41) is 9.35. The van der Waals surface area contributed by atoms with Crippen molar-refractivity contribution < 1.29 is 4.79 Å². The minimum absolute atomic E-state index is 0.0466. The first-order valence-electron chi connectivity index (χ1n) is 11.4. The molecule has 1 aliphatic rings. The molecule has 1 atom stereocenters. The van der Waals surface area contributed by atoms with Crippen LogP contribution in [0.5, 0.6) is 0 Å². The molecule has 1 saturated heterocycles. The molecule has 0 aliphatic carbocycles. The van der Waals surface area contributed by atoms with Crippen LogP contribution in [0.25, 0.3) is 28.2 Å². The Bertz CT molecular complexity index is 1440. The summed E-state index contributed by atoms with van der Waals surface area (Å²) in [4.78, 5) is 24.7. The molecule has 5 aromatic rings. The van der Waals surface area contributed by atoms with Crippen LogP contribution in [0, 0.1) is 0 Å². The Morgan fingerprint density at radius 1 is 0.882 bits per heavy atom. The maximum atomic E-state index is 13.8. The molecule has 34 heavy (non-hydrogen) atoms. The van der Waals surface area contributed by atoms with Gasteiger partial charge in [-0.2, -0.15) is 10.2 Å². The van der Waals surface area contributed by atoms with E-state index in [1.807, 2.05) is 82.6 Å². The van der Waals surface area contributed by atoms with Crippen LogP contribution in [0.1, 0.15) is 23.3 Å². The number of rotatable bonds is 5. The molecule has 0 radical (unpaired) electrons. The van der Waals surface area contributed by atoms with Gasteiger partial charge in [-0.15, -0.1) is 0 Å². The summed E-state index contributed by atoms with van der Waals surface area (Å²) in [5.41, 5.74) is 4.49. The highest BCUT2D eigenvalue weighted by Gasteiger charge is 2.33. The zero-order chi connectivity index (χ0) is 22.9. The van der Waals surface area contributed by atoms with Crippen molar-refractivity contribution in [2.75, 3.05) is 6.54 Å². The van der Waals surface area contributed by atoms with Crippen molar-refractivity contribution in [2.24, 2.45) is 0 Å². The fraction of sp³-hybridized carbons (Fsp3) is 0.192. The second kappa shape index (κ2) is 8.55. The number of amides is 1.